The van der Waals surface area contributed by atoms with E-state index in [4.69, 9.17) is 10.8 Å². The van der Waals surface area contributed by atoms with E-state index < -0.39 is 18.3 Å². The molecule has 8 heteroatoms. The summed E-state index contributed by atoms with van der Waals surface area (Å²) in [7, 11) is 0. The van der Waals surface area contributed by atoms with E-state index in [0.29, 0.717) is 11.2 Å². The maximum absolute atomic E-state index is 14.1. The van der Waals surface area contributed by atoms with Gasteiger partial charge in [-0.15, -0.1) is 0 Å². The average molecular weight is 265 g/mol. The van der Waals surface area contributed by atoms with Crippen LogP contribution in [0.5, 0.6) is 0 Å². The van der Waals surface area contributed by atoms with Gasteiger partial charge in [-0.3, -0.25) is 0 Å². The predicted molar refractivity (Wildman–Crippen MR) is 64.8 cm³/mol. The van der Waals surface area contributed by atoms with Crippen LogP contribution in [0.2, 0.25) is 0 Å². The van der Waals surface area contributed by atoms with Gasteiger partial charge in [-0.1, -0.05) is 6.08 Å². The average Bonchev–Trinajstić information content (AvgIpc) is 2.94. The van der Waals surface area contributed by atoms with Crippen LogP contribution in [-0.2, 0) is 0 Å². The van der Waals surface area contributed by atoms with Crippen molar-refractivity contribution in [3.8, 4) is 0 Å². The second-order valence-electron chi connectivity index (χ2n) is 4.36. The Bertz CT molecular complexity index is 656. The maximum atomic E-state index is 14.1. The number of imidazole rings is 1. The Hall–Kier alpha value is -2.06. The lowest BCUT2D eigenvalue weighted by Crippen LogP contribution is -2.26. The lowest BCUT2D eigenvalue weighted by molar-refractivity contribution is 0.0916. The van der Waals surface area contributed by atoms with E-state index in [9.17, 15) is 9.50 Å². The van der Waals surface area contributed by atoms with Gasteiger partial charge < -0.3 is 20.5 Å². The van der Waals surface area contributed by atoms with Crippen LogP contribution in [0.1, 0.15) is 6.04 Å². The molecule has 0 saturated carbocycles. The molecule has 0 saturated heterocycles. The molecule has 0 amide bonds. The quantitative estimate of drug-likeness (QED) is 0.636. The van der Waals surface area contributed by atoms with E-state index in [1.807, 2.05) is 0 Å². The molecule has 2 heterocycles. The molecule has 7 nitrogen and oxygen atoms in total. The smallest absolute Gasteiger partial charge is 0.166 e. The van der Waals surface area contributed by atoms with Crippen molar-refractivity contribution < 1.29 is 14.6 Å². The number of rotatable bonds is 2. The molecule has 2 aromatic heterocycles. The Balaban J connectivity index is 2.11. The minimum Gasteiger partial charge on any atom is -0.392 e. The number of aromatic nitrogens is 4. The molecular formula is C11H12FN5O2. The monoisotopic (exact) mass is 265 g/mol. The van der Waals surface area contributed by atoms with E-state index in [2.05, 4.69) is 15.0 Å². The highest BCUT2D eigenvalue weighted by Gasteiger charge is 2.37. The van der Waals surface area contributed by atoms with Crippen molar-refractivity contribution in [3.63, 3.8) is 0 Å². The van der Waals surface area contributed by atoms with E-state index in [1.165, 1.54) is 23.3 Å². The first kappa shape index (κ1) is 12.0. The summed E-state index contributed by atoms with van der Waals surface area (Å²) in [5.74, 6) is 0.212. The molecule has 2 aromatic rings. The number of alkyl halides is 1. The van der Waals surface area contributed by atoms with Gasteiger partial charge in [0.1, 0.15) is 17.9 Å². The van der Waals surface area contributed by atoms with Crippen LogP contribution < -0.4 is 5.73 Å². The molecule has 0 aliphatic heterocycles. The molecular weight excluding hydrogens is 253 g/mol. The third-order valence-electron chi connectivity index (χ3n) is 3.28. The Morgan fingerprint density at radius 3 is 2.84 bits per heavy atom. The second kappa shape index (κ2) is 4.25. The maximum Gasteiger partial charge on any atom is 0.166 e. The first-order valence-electron chi connectivity index (χ1n) is 5.70. The summed E-state index contributed by atoms with van der Waals surface area (Å²) < 4.78 is 15.6. The number of nitrogens with zero attached hydrogens (tertiary/aromatic N) is 4. The van der Waals surface area contributed by atoms with Crippen LogP contribution in [0, 0.1) is 0 Å². The fraction of sp³-hybridized carbons (Fsp3) is 0.364. The number of allylic oxidation sites excluding steroid dienone is 1. The molecule has 0 radical (unpaired) electrons. The molecule has 100 valence electrons. The van der Waals surface area contributed by atoms with Crippen molar-refractivity contribution in [2.24, 2.45) is 0 Å². The van der Waals surface area contributed by atoms with Crippen molar-refractivity contribution in [2.45, 2.75) is 18.3 Å². The normalized spacial score (nSPS) is 26.9. The fourth-order valence-corrected chi connectivity index (χ4v) is 2.27. The largest absolute Gasteiger partial charge is 0.392 e. The number of anilines is 1. The van der Waals surface area contributed by atoms with Gasteiger partial charge >= 0.3 is 0 Å². The van der Waals surface area contributed by atoms with Gasteiger partial charge in [0.25, 0.3) is 0 Å². The molecule has 19 heavy (non-hydrogen) atoms. The summed E-state index contributed by atoms with van der Waals surface area (Å²) in [5.41, 5.74) is 6.69. The highest BCUT2D eigenvalue weighted by molar-refractivity contribution is 5.81. The van der Waals surface area contributed by atoms with Crippen LogP contribution in [0.15, 0.2) is 24.3 Å². The number of fused-ring (bicyclic) bond motifs is 1. The Kier molecular flexibility index (Phi) is 2.68. The standard InChI is InChI=1S/C11H12FN5O2/c12-7-6(1-5(2-18)9(7)19)17-4-16-8-10(13)14-3-15-11(8)17/h1,3-4,6-7,9,18-19H,2H2,(H2,13,14,15)/t6-,7+,9-/m1/s1. The second-order valence-corrected chi connectivity index (χ2v) is 4.36. The van der Waals surface area contributed by atoms with E-state index >= 15 is 0 Å². The van der Waals surface area contributed by atoms with Crippen LogP contribution in [0.3, 0.4) is 0 Å². The van der Waals surface area contributed by atoms with Gasteiger partial charge in [0.2, 0.25) is 0 Å². The molecule has 1 aliphatic rings. The van der Waals surface area contributed by atoms with Gasteiger partial charge in [-0.2, -0.15) is 0 Å². The van der Waals surface area contributed by atoms with E-state index in [-0.39, 0.29) is 18.0 Å². The number of hydrogen-bond acceptors (Lipinski definition) is 6. The lowest BCUT2D eigenvalue weighted by atomic mass is 10.1. The summed E-state index contributed by atoms with van der Waals surface area (Å²) in [5, 5.41) is 18.7. The Morgan fingerprint density at radius 2 is 2.16 bits per heavy atom. The van der Waals surface area contributed by atoms with Crippen molar-refractivity contribution in [1.82, 2.24) is 19.5 Å². The van der Waals surface area contributed by atoms with Crippen molar-refractivity contribution in [3.05, 3.63) is 24.3 Å². The molecule has 0 fully saturated rings. The van der Waals surface area contributed by atoms with Gasteiger partial charge in [0, 0.05) is 0 Å². The van der Waals surface area contributed by atoms with Crippen molar-refractivity contribution in [2.75, 3.05) is 12.3 Å². The van der Waals surface area contributed by atoms with Crippen molar-refractivity contribution >= 4 is 17.0 Å². The summed E-state index contributed by atoms with van der Waals surface area (Å²) in [6.45, 7) is -0.387. The number of hydrogen-bond donors (Lipinski definition) is 3. The highest BCUT2D eigenvalue weighted by atomic mass is 19.1. The molecule has 3 atom stereocenters. The number of nitrogen functional groups attached to an aromatic ring is 1. The van der Waals surface area contributed by atoms with E-state index in [0.717, 1.165) is 0 Å². The predicted octanol–water partition coefficient (Wildman–Crippen LogP) is -0.419. The minimum atomic E-state index is -1.56. The van der Waals surface area contributed by atoms with Crippen LogP contribution in [-0.4, -0.2) is 48.6 Å². The highest BCUT2D eigenvalue weighted by Crippen LogP contribution is 2.33. The SMILES string of the molecule is Nc1ncnc2c1ncn2[C@@H]1C=C(CO)[C@@H](O)[C@H]1F. The molecule has 0 bridgehead atoms. The third kappa shape index (κ3) is 1.68. The Morgan fingerprint density at radius 1 is 1.37 bits per heavy atom. The van der Waals surface area contributed by atoms with Crippen LogP contribution in [0.4, 0.5) is 10.2 Å². The molecule has 4 N–H and O–H groups in total. The number of nitrogens with two attached hydrogens (primary N) is 1. The zero-order chi connectivity index (χ0) is 13.6. The first-order valence-corrected chi connectivity index (χ1v) is 5.70. The van der Waals surface area contributed by atoms with Crippen LogP contribution in [0.25, 0.3) is 11.2 Å². The third-order valence-corrected chi connectivity index (χ3v) is 3.28. The zero-order valence-electron chi connectivity index (χ0n) is 9.81. The summed E-state index contributed by atoms with van der Waals surface area (Å²) in [6, 6.07) is -0.767. The number of aliphatic hydroxyl groups excluding tert-OH is 2. The zero-order valence-corrected chi connectivity index (χ0v) is 9.81. The van der Waals surface area contributed by atoms with Gasteiger partial charge in [0.15, 0.2) is 17.6 Å². The molecule has 0 spiro atoms. The number of halogens is 1. The van der Waals surface area contributed by atoms with Gasteiger partial charge in [0.05, 0.1) is 19.0 Å². The minimum absolute atomic E-state index is 0.212. The molecule has 0 unspecified atom stereocenters. The van der Waals surface area contributed by atoms with Gasteiger partial charge in [-0.25, -0.2) is 19.3 Å². The summed E-state index contributed by atoms with van der Waals surface area (Å²) in [6.07, 6.45) is 1.28. The van der Waals surface area contributed by atoms with Crippen molar-refractivity contribution in [1.29, 1.82) is 0 Å². The van der Waals surface area contributed by atoms with Crippen LogP contribution >= 0.6 is 0 Å². The lowest BCUT2D eigenvalue weighted by Gasteiger charge is -2.16. The molecule has 0 aromatic carbocycles. The first-order chi connectivity index (χ1) is 9.13. The molecule has 3 rings (SSSR count). The molecule has 1 aliphatic carbocycles. The summed E-state index contributed by atoms with van der Waals surface area (Å²) in [4.78, 5) is 11.9. The summed E-state index contributed by atoms with van der Waals surface area (Å²) >= 11 is 0. The van der Waals surface area contributed by atoms with Gasteiger partial charge in [-0.05, 0) is 5.57 Å². The topological polar surface area (TPSA) is 110 Å². The van der Waals surface area contributed by atoms with E-state index in [1.54, 1.807) is 0 Å². The fourth-order valence-electron chi connectivity index (χ4n) is 2.27. The Labute approximate surface area is 107 Å². The number of aliphatic hydroxyl groups is 2.